The third-order valence-corrected chi connectivity index (χ3v) is 5.87. The van der Waals surface area contributed by atoms with Gasteiger partial charge in [-0.3, -0.25) is 0 Å². The number of halogens is 2. The molecule has 4 nitrogen and oxygen atoms in total. The summed E-state index contributed by atoms with van der Waals surface area (Å²) >= 11 is 4.47. The third-order valence-electron chi connectivity index (χ3n) is 2.45. The lowest BCUT2D eigenvalue weighted by Gasteiger charge is -2.17. The number of sulfonamides is 1. The van der Waals surface area contributed by atoms with Gasteiger partial charge in [-0.25, -0.2) is 17.8 Å². The Hall–Kier alpha value is -0.830. The van der Waals surface area contributed by atoms with Crippen LogP contribution in [0.2, 0.25) is 0 Å². The van der Waals surface area contributed by atoms with E-state index in [9.17, 15) is 12.8 Å². The number of rotatable bonds is 4. The van der Waals surface area contributed by atoms with Crippen molar-refractivity contribution in [1.29, 1.82) is 0 Å². The summed E-state index contributed by atoms with van der Waals surface area (Å²) in [5, 5.41) is 1.78. The van der Waals surface area contributed by atoms with E-state index in [2.05, 4.69) is 20.9 Å². The monoisotopic (exact) mass is 364 g/mol. The molecule has 2 rings (SSSR count). The highest BCUT2D eigenvalue weighted by Gasteiger charge is 2.24. The van der Waals surface area contributed by atoms with Crippen LogP contribution in [-0.2, 0) is 16.6 Å². The summed E-state index contributed by atoms with van der Waals surface area (Å²) in [5.74, 6) is -0.493. The molecule has 102 valence electrons. The van der Waals surface area contributed by atoms with Gasteiger partial charge in [0.2, 0.25) is 10.0 Å². The van der Waals surface area contributed by atoms with E-state index in [-0.39, 0.29) is 15.9 Å². The molecular formula is C11H10BrFN2O2S2. The molecule has 8 heteroatoms. The van der Waals surface area contributed by atoms with E-state index in [4.69, 9.17) is 0 Å². The Labute approximate surface area is 123 Å². The number of hydrogen-bond donors (Lipinski definition) is 0. The van der Waals surface area contributed by atoms with Crippen molar-refractivity contribution in [3.8, 4) is 0 Å². The minimum absolute atomic E-state index is 0.0339. The molecule has 0 fully saturated rings. The van der Waals surface area contributed by atoms with Crippen LogP contribution in [0, 0.1) is 5.82 Å². The molecule has 0 amide bonds. The Morgan fingerprint density at radius 1 is 1.47 bits per heavy atom. The molecule has 0 aliphatic carbocycles. The molecule has 0 unspecified atom stereocenters. The smallest absolute Gasteiger partial charge is 0.244 e. The number of benzene rings is 1. The first kappa shape index (κ1) is 14.6. The van der Waals surface area contributed by atoms with Gasteiger partial charge in [0.15, 0.2) is 0 Å². The first-order valence-corrected chi connectivity index (χ1v) is 8.37. The van der Waals surface area contributed by atoms with Crippen molar-refractivity contribution in [2.75, 3.05) is 7.05 Å². The first-order chi connectivity index (χ1) is 8.91. The summed E-state index contributed by atoms with van der Waals surface area (Å²) in [6.07, 6.45) is 0. The molecule has 0 spiro atoms. The Morgan fingerprint density at radius 3 is 2.79 bits per heavy atom. The quantitative estimate of drug-likeness (QED) is 0.837. The van der Waals surface area contributed by atoms with Crippen molar-refractivity contribution in [1.82, 2.24) is 9.29 Å². The second kappa shape index (κ2) is 5.66. The highest BCUT2D eigenvalue weighted by molar-refractivity contribution is 9.10. The van der Waals surface area contributed by atoms with Crippen LogP contribution in [0.3, 0.4) is 0 Å². The summed E-state index contributed by atoms with van der Waals surface area (Å²) < 4.78 is 39.1. The van der Waals surface area contributed by atoms with Crippen LogP contribution < -0.4 is 0 Å². The average Bonchev–Trinajstić information content (AvgIpc) is 2.81. The van der Waals surface area contributed by atoms with Gasteiger partial charge in [-0.1, -0.05) is 0 Å². The summed E-state index contributed by atoms with van der Waals surface area (Å²) in [5.41, 5.74) is 2.32. The largest absolute Gasteiger partial charge is 0.248 e. The fourth-order valence-electron chi connectivity index (χ4n) is 1.48. The van der Waals surface area contributed by atoms with Crippen LogP contribution in [0.25, 0.3) is 0 Å². The topological polar surface area (TPSA) is 50.3 Å². The zero-order valence-electron chi connectivity index (χ0n) is 9.88. The highest BCUT2D eigenvalue weighted by atomic mass is 79.9. The summed E-state index contributed by atoms with van der Waals surface area (Å²) in [7, 11) is -2.22. The van der Waals surface area contributed by atoms with E-state index in [1.165, 1.54) is 28.8 Å². The second-order valence-corrected chi connectivity index (χ2v) is 7.40. The lowest BCUT2D eigenvalue weighted by Crippen LogP contribution is -2.27. The van der Waals surface area contributed by atoms with Gasteiger partial charge in [0, 0.05) is 16.9 Å². The molecule has 0 aliphatic rings. The van der Waals surface area contributed by atoms with E-state index in [1.807, 2.05) is 0 Å². The van der Waals surface area contributed by atoms with Gasteiger partial charge >= 0.3 is 0 Å². The molecule has 1 heterocycles. The van der Waals surface area contributed by atoms with E-state index < -0.39 is 15.8 Å². The van der Waals surface area contributed by atoms with Crippen molar-refractivity contribution < 1.29 is 12.8 Å². The normalized spacial score (nSPS) is 12.0. The van der Waals surface area contributed by atoms with E-state index in [0.29, 0.717) is 5.69 Å². The molecule has 0 atom stereocenters. The van der Waals surface area contributed by atoms with Crippen molar-refractivity contribution in [2.24, 2.45) is 0 Å². The molecule has 0 aliphatic heterocycles. The summed E-state index contributed by atoms with van der Waals surface area (Å²) in [6, 6.07) is 3.49. The molecule has 0 bridgehead atoms. The SMILES string of the molecule is CN(Cc1cscn1)S(=O)(=O)c1ccc(F)cc1Br. The number of hydrogen-bond acceptors (Lipinski definition) is 4. The number of nitrogens with zero attached hydrogens (tertiary/aromatic N) is 2. The van der Waals surface area contributed by atoms with Gasteiger partial charge in [-0.05, 0) is 34.1 Å². The maximum atomic E-state index is 13.0. The Balaban J connectivity index is 2.31. The molecule has 0 radical (unpaired) electrons. The van der Waals surface area contributed by atoms with Gasteiger partial charge in [0.05, 0.1) is 22.6 Å². The first-order valence-electron chi connectivity index (χ1n) is 5.19. The lowest BCUT2D eigenvalue weighted by molar-refractivity contribution is 0.462. The van der Waals surface area contributed by atoms with Gasteiger partial charge in [0.25, 0.3) is 0 Å². The van der Waals surface area contributed by atoms with Crippen LogP contribution in [0.5, 0.6) is 0 Å². The standard InChI is InChI=1S/C11H10BrFN2O2S2/c1-15(5-9-6-18-7-14-9)19(16,17)11-3-2-8(13)4-10(11)12/h2-4,6-7H,5H2,1H3. The second-order valence-electron chi connectivity index (χ2n) is 3.82. The van der Waals surface area contributed by atoms with Crippen molar-refractivity contribution >= 4 is 37.3 Å². The molecule has 0 N–H and O–H groups in total. The van der Waals surface area contributed by atoms with E-state index >= 15 is 0 Å². The highest BCUT2D eigenvalue weighted by Crippen LogP contribution is 2.26. The third kappa shape index (κ3) is 3.19. The maximum absolute atomic E-state index is 13.0. The van der Waals surface area contributed by atoms with Crippen molar-refractivity contribution in [3.05, 3.63) is 45.1 Å². The van der Waals surface area contributed by atoms with Crippen LogP contribution >= 0.6 is 27.3 Å². The fraction of sp³-hybridized carbons (Fsp3) is 0.182. The Morgan fingerprint density at radius 2 is 2.21 bits per heavy atom. The van der Waals surface area contributed by atoms with E-state index in [1.54, 1.807) is 10.9 Å². The predicted octanol–water partition coefficient (Wildman–Crippen LogP) is 2.87. The van der Waals surface area contributed by atoms with Crippen LogP contribution in [0.15, 0.2) is 38.5 Å². The van der Waals surface area contributed by atoms with Crippen molar-refractivity contribution in [3.63, 3.8) is 0 Å². The summed E-state index contributed by atoms with van der Waals surface area (Å²) in [6.45, 7) is 0.176. The zero-order chi connectivity index (χ0) is 14.0. The average molecular weight is 365 g/mol. The molecule has 0 saturated heterocycles. The Kier molecular flexibility index (Phi) is 4.34. The molecule has 1 aromatic carbocycles. The number of thiazole rings is 1. The van der Waals surface area contributed by atoms with E-state index in [0.717, 1.165) is 12.1 Å². The molecule has 19 heavy (non-hydrogen) atoms. The summed E-state index contributed by atoms with van der Waals surface area (Å²) in [4.78, 5) is 4.07. The lowest BCUT2D eigenvalue weighted by atomic mass is 10.3. The number of aromatic nitrogens is 1. The van der Waals surface area contributed by atoms with Crippen LogP contribution in [0.1, 0.15) is 5.69 Å². The predicted molar refractivity (Wildman–Crippen MR) is 74.9 cm³/mol. The minimum Gasteiger partial charge on any atom is -0.248 e. The Bertz CT molecular complexity index is 674. The zero-order valence-corrected chi connectivity index (χ0v) is 13.1. The van der Waals surface area contributed by atoms with Crippen molar-refractivity contribution in [2.45, 2.75) is 11.4 Å². The van der Waals surface area contributed by atoms with Gasteiger partial charge in [-0.15, -0.1) is 11.3 Å². The van der Waals surface area contributed by atoms with Crippen LogP contribution in [0.4, 0.5) is 4.39 Å². The molecule has 0 saturated carbocycles. The molecule has 2 aromatic rings. The minimum atomic E-state index is -3.68. The van der Waals surface area contributed by atoms with Gasteiger partial charge < -0.3 is 0 Å². The van der Waals surface area contributed by atoms with Gasteiger partial charge in [-0.2, -0.15) is 4.31 Å². The van der Waals surface area contributed by atoms with Crippen LogP contribution in [-0.4, -0.2) is 24.8 Å². The molecule has 1 aromatic heterocycles. The molecular weight excluding hydrogens is 355 g/mol. The maximum Gasteiger partial charge on any atom is 0.244 e. The van der Waals surface area contributed by atoms with Gasteiger partial charge in [0.1, 0.15) is 5.82 Å². The fourth-order valence-corrected chi connectivity index (χ4v) is 4.18.